The average Bonchev–Trinajstić information content (AvgIpc) is 3.37. The van der Waals surface area contributed by atoms with E-state index in [1.54, 1.807) is 0 Å². The van der Waals surface area contributed by atoms with E-state index in [9.17, 15) is 14.4 Å². The molecule has 400 valence electrons. The summed E-state index contributed by atoms with van der Waals surface area (Å²) >= 11 is 0. The Morgan fingerprint density at radius 1 is 0.296 bits per heavy atom. The number of unbranched alkanes of at least 4 members (excludes halogenated alkanes) is 25. The molecule has 0 aromatic rings. The average molecular weight is 982 g/mol. The van der Waals surface area contributed by atoms with E-state index >= 15 is 0 Å². The highest BCUT2D eigenvalue weighted by atomic mass is 16.6. The highest BCUT2D eigenvalue weighted by Crippen LogP contribution is 2.14. The van der Waals surface area contributed by atoms with E-state index in [0.29, 0.717) is 12.8 Å². The second-order valence-corrected chi connectivity index (χ2v) is 18.7. The number of carbonyl (C=O) groups is 3. The second-order valence-electron chi connectivity index (χ2n) is 18.7. The molecule has 0 amide bonds. The van der Waals surface area contributed by atoms with Crippen molar-refractivity contribution in [3.63, 3.8) is 0 Å². The maximum Gasteiger partial charge on any atom is 0.306 e. The first-order valence-electron chi connectivity index (χ1n) is 28.8. The molecule has 0 fully saturated rings. The van der Waals surface area contributed by atoms with Crippen LogP contribution in [0.25, 0.3) is 0 Å². The SMILES string of the molecule is CC\C=C/C=C\C=C/C=C\C=C\C=C/C=C\CCCCCC(=O)OCC(COC(=O)CCCCCCC/C=C\CCCCCCCCC)OC(=O)CCCCCCC\C=C/C=C\C=C/CCCCCCC. The van der Waals surface area contributed by atoms with Crippen LogP contribution in [0.1, 0.15) is 239 Å². The summed E-state index contributed by atoms with van der Waals surface area (Å²) in [4.78, 5) is 38.2. The van der Waals surface area contributed by atoms with Gasteiger partial charge in [-0.05, 0) is 89.9 Å². The first kappa shape index (κ1) is 66.6. The van der Waals surface area contributed by atoms with Crippen molar-refractivity contribution in [3.05, 3.63) is 134 Å². The van der Waals surface area contributed by atoms with Gasteiger partial charge in [-0.25, -0.2) is 0 Å². The van der Waals surface area contributed by atoms with Crippen LogP contribution in [-0.4, -0.2) is 37.2 Å². The molecule has 0 aliphatic heterocycles. The molecule has 0 aromatic carbocycles. The molecule has 0 saturated carbocycles. The fourth-order valence-electron chi connectivity index (χ4n) is 7.54. The highest BCUT2D eigenvalue weighted by Gasteiger charge is 2.19. The lowest BCUT2D eigenvalue weighted by Gasteiger charge is -2.18. The molecular weight excluding hydrogens is 877 g/mol. The van der Waals surface area contributed by atoms with Gasteiger partial charge in [0, 0.05) is 19.3 Å². The quantitative estimate of drug-likeness (QED) is 0.0199. The van der Waals surface area contributed by atoms with Gasteiger partial charge < -0.3 is 14.2 Å². The number of hydrogen-bond acceptors (Lipinski definition) is 6. The van der Waals surface area contributed by atoms with Crippen LogP contribution in [0, 0.1) is 0 Å². The van der Waals surface area contributed by atoms with Gasteiger partial charge in [0.15, 0.2) is 6.10 Å². The monoisotopic (exact) mass is 981 g/mol. The van der Waals surface area contributed by atoms with E-state index in [1.807, 2.05) is 72.9 Å². The summed E-state index contributed by atoms with van der Waals surface area (Å²) in [5.74, 6) is -0.987. The van der Waals surface area contributed by atoms with E-state index in [2.05, 4.69) is 81.5 Å². The molecule has 0 heterocycles. The summed E-state index contributed by atoms with van der Waals surface area (Å²) in [6.07, 6.45) is 81.4. The normalized spacial score (nSPS) is 13.1. The predicted molar refractivity (Wildman–Crippen MR) is 306 cm³/mol. The second kappa shape index (κ2) is 58.1. The third-order valence-electron chi connectivity index (χ3n) is 11.9. The Bertz CT molecular complexity index is 1550. The third kappa shape index (κ3) is 56.3. The van der Waals surface area contributed by atoms with Crippen LogP contribution >= 0.6 is 0 Å². The van der Waals surface area contributed by atoms with Gasteiger partial charge in [0.1, 0.15) is 13.2 Å². The Hall–Kier alpha value is -4.45. The summed E-state index contributed by atoms with van der Waals surface area (Å²) in [7, 11) is 0. The summed E-state index contributed by atoms with van der Waals surface area (Å²) in [6.45, 7) is 6.41. The van der Waals surface area contributed by atoms with Gasteiger partial charge in [0.2, 0.25) is 0 Å². The largest absolute Gasteiger partial charge is 0.462 e. The zero-order valence-corrected chi connectivity index (χ0v) is 45.7. The lowest BCUT2D eigenvalue weighted by atomic mass is 10.1. The molecule has 0 spiro atoms. The van der Waals surface area contributed by atoms with E-state index in [4.69, 9.17) is 14.2 Å². The molecule has 0 N–H and O–H groups in total. The summed E-state index contributed by atoms with van der Waals surface area (Å²) in [6, 6.07) is 0. The van der Waals surface area contributed by atoms with Gasteiger partial charge in [-0.15, -0.1) is 0 Å². The van der Waals surface area contributed by atoms with Crippen LogP contribution in [0.5, 0.6) is 0 Å². The van der Waals surface area contributed by atoms with Crippen molar-refractivity contribution in [2.75, 3.05) is 13.2 Å². The van der Waals surface area contributed by atoms with Crippen molar-refractivity contribution >= 4 is 17.9 Å². The summed E-state index contributed by atoms with van der Waals surface area (Å²) in [5.41, 5.74) is 0. The number of allylic oxidation sites excluding steroid dienone is 22. The van der Waals surface area contributed by atoms with Crippen molar-refractivity contribution in [1.82, 2.24) is 0 Å². The maximum atomic E-state index is 12.9. The minimum atomic E-state index is -0.817. The molecule has 0 radical (unpaired) electrons. The predicted octanol–water partition coefficient (Wildman–Crippen LogP) is 19.4. The first-order chi connectivity index (χ1) is 35.0. The molecule has 0 aliphatic carbocycles. The van der Waals surface area contributed by atoms with Crippen LogP contribution in [0.4, 0.5) is 0 Å². The van der Waals surface area contributed by atoms with Gasteiger partial charge >= 0.3 is 17.9 Å². The van der Waals surface area contributed by atoms with Crippen LogP contribution in [0.15, 0.2) is 134 Å². The minimum Gasteiger partial charge on any atom is -0.462 e. The molecule has 0 saturated heterocycles. The standard InChI is InChI=1S/C65H104O6/c1-4-7-10-13-16-19-22-25-28-31-33-35-37-40-43-46-49-52-55-58-64(67)70-61-62(60-69-63(66)57-54-51-48-45-42-39-36-30-27-24-21-18-15-12-9-6-3)71-65(68)59-56-53-50-47-44-41-38-34-32-29-26-23-20-17-14-11-8-5-2/h7,10,13,16,19,22-23,25-26,28-38,40,43,62H,4-6,8-9,11-12,14-15,17-18,20-21,24,27,39,41-42,44-61H2,1-3H3/b10-7-,16-13-,22-19-,26-23-,28-25-,32-29-,33-31+,36-30-,37-35-,38-34-,43-40-. The van der Waals surface area contributed by atoms with Crippen molar-refractivity contribution < 1.29 is 28.6 Å². The van der Waals surface area contributed by atoms with E-state index in [1.165, 1.54) is 89.9 Å². The van der Waals surface area contributed by atoms with Crippen molar-refractivity contribution in [2.24, 2.45) is 0 Å². The van der Waals surface area contributed by atoms with Crippen LogP contribution in [0.3, 0.4) is 0 Å². The molecule has 6 nitrogen and oxygen atoms in total. The Balaban J connectivity index is 4.57. The molecule has 0 aromatic heterocycles. The Morgan fingerprint density at radius 2 is 0.563 bits per heavy atom. The zero-order chi connectivity index (χ0) is 51.4. The summed E-state index contributed by atoms with van der Waals surface area (Å²) in [5, 5.41) is 0. The Labute approximate surface area is 436 Å². The van der Waals surface area contributed by atoms with Gasteiger partial charge in [-0.3, -0.25) is 14.4 Å². The number of carbonyl (C=O) groups excluding carboxylic acids is 3. The molecule has 6 heteroatoms. The van der Waals surface area contributed by atoms with Crippen molar-refractivity contribution in [3.8, 4) is 0 Å². The van der Waals surface area contributed by atoms with Crippen molar-refractivity contribution in [2.45, 2.75) is 245 Å². The van der Waals surface area contributed by atoms with E-state index in [0.717, 1.165) is 109 Å². The highest BCUT2D eigenvalue weighted by molar-refractivity contribution is 5.71. The molecule has 0 bridgehead atoms. The van der Waals surface area contributed by atoms with Gasteiger partial charge in [-0.2, -0.15) is 0 Å². The lowest BCUT2D eigenvalue weighted by Crippen LogP contribution is -2.30. The molecule has 1 atom stereocenters. The van der Waals surface area contributed by atoms with Gasteiger partial charge in [-0.1, -0.05) is 264 Å². The fraction of sp³-hybridized carbons (Fsp3) is 0.615. The number of rotatable bonds is 50. The number of esters is 3. The maximum absolute atomic E-state index is 12.9. The Kier molecular flexibility index (Phi) is 54.5. The first-order valence-corrected chi connectivity index (χ1v) is 28.8. The number of ether oxygens (including phenoxy) is 3. The summed E-state index contributed by atoms with van der Waals surface area (Å²) < 4.78 is 16.8. The smallest absolute Gasteiger partial charge is 0.306 e. The van der Waals surface area contributed by atoms with Crippen LogP contribution < -0.4 is 0 Å². The lowest BCUT2D eigenvalue weighted by molar-refractivity contribution is -0.167. The number of hydrogen-bond donors (Lipinski definition) is 0. The zero-order valence-electron chi connectivity index (χ0n) is 45.7. The van der Waals surface area contributed by atoms with E-state index < -0.39 is 6.10 Å². The van der Waals surface area contributed by atoms with Gasteiger partial charge in [0.25, 0.3) is 0 Å². The molecule has 1 unspecified atom stereocenters. The van der Waals surface area contributed by atoms with Crippen molar-refractivity contribution in [1.29, 1.82) is 0 Å². The molecule has 71 heavy (non-hydrogen) atoms. The fourth-order valence-corrected chi connectivity index (χ4v) is 7.54. The minimum absolute atomic E-state index is 0.110. The van der Waals surface area contributed by atoms with Crippen LogP contribution in [-0.2, 0) is 28.6 Å². The Morgan fingerprint density at radius 3 is 0.915 bits per heavy atom. The molecule has 0 rings (SSSR count). The van der Waals surface area contributed by atoms with E-state index in [-0.39, 0.29) is 37.5 Å². The topological polar surface area (TPSA) is 78.9 Å². The van der Waals surface area contributed by atoms with Crippen LogP contribution in [0.2, 0.25) is 0 Å². The molecular formula is C65H104O6. The van der Waals surface area contributed by atoms with Gasteiger partial charge in [0.05, 0.1) is 0 Å². The molecule has 0 aliphatic rings. The third-order valence-corrected chi connectivity index (χ3v) is 11.9.